The van der Waals surface area contributed by atoms with E-state index >= 15 is 0 Å². The number of aliphatic hydroxyl groups excluding tert-OH is 1. The summed E-state index contributed by atoms with van der Waals surface area (Å²) in [5.74, 6) is -0.602. The lowest BCUT2D eigenvalue weighted by molar-refractivity contribution is -0.140. The fraction of sp³-hybridized carbons (Fsp3) is 0.464. The average Bonchev–Trinajstić information content (AvgIpc) is 3.11. The van der Waals surface area contributed by atoms with Gasteiger partial charge in [-0.1, -0.05) is 6.92 Å². The Hall–Kier alpha value is -2.94. The highest BCUT2D eigenvalue weighted by atomic mass is 19.1. The Kier molecular flexibility index (Phi) is 5.41. The lowest BCUT2D eigenvalue weighted by Gasteiger charge is -2.32. The van der Waals surface area contributed by atoms with Crippen molar-refractivity contribution in [2.75, 3.05) is 13.2 Å². The maximum atomic E-state index is 15.0. The van der Waals surface area contributed by atoms with Crippen LogP contribution in [0.2, 0.25) is 0 Å². The van der Waals surface area contributed by atoms with E-state index in [2.05, 4.69) is 0 Å². The second kappa shape index (κ2) is 8.30. The zero-order chi connectivity index (χ0) is 25.4. The Labute approximate surface area is 207 Å². The van der Waals surface area contributed by atoms with E-state index in [1.54, 1.807) is 24.5 Å². The first-order valence-corrected chi connectivity index (χ1v) is 12.7. The summed E-state index contributed by atoms with van der Waals surface area (Å²) in [5, 5.41) is 21.6. The van der Waals surface area contributed by atoms with Crippen molar-refractivity contribution < 1.29 is 24.1 Å². The zero-order valence-corrected chi connectivity index (χ0v) is 20.5. The SMILES string of the molecule is CC[C@@]1(O)C(=O)CCc2c1cc1n(c2=O)Cc2c-1nc1cc(F)c(C)c3c1c2C(OCCO)CCC3. The van der Waals surface area contributed by atoms with Gasteiger partial charge in [0.25, 0.3) is 5.56 Å². The summed E-state index contributed by atoms with van der Waals surface area (Å²) in [7, 11) is 0. The van der Waals surface area contributed by atoms with Crippen LogP contribution in [0.1, 0.15) is 72.1 Å². The van der Waals surface area contributed by atoms with E-state index < -0.39 is 5.60 Å². The van der Waals surface area contributed by atoms with Crippen molar-refractivity contribution >= 4 is 16.7 Å². The topological polar surface area (TPSA) is 102 Å². The van der Waals surface area contributed by atoms with Gasteiger partial charge in [-0.25, -0.2) is 9.37 Å². The second-order valence-corrected chi connectivity index (χ2v) is 10.1. The van der Waals surface area contributed by atoms with E-state index in [0.717, 1.165) is 28.5 Å². The summed E-state index contributed by atoms with van der Waals surface area (Å²) >= 11 is 0. The van der Waals surface area contributed by atoms with Gasteiger partial charge >= 0.3 is 0 Å². The fourth-order valence-corrected chi connectivity index (χ4v) is 6.45. The number of hydrogen-bond acceptors (Lipinski definition) is 6. The van der Waals surface area contributed by atoms with E-state index in [1.165, 1.54) is 6.07 Å². The molecule has 0 amide bonds. The average molecular weight is 493 g/mol. The number of pyridine rings is 2. The van der Waals surface area contributed by atoms with Crippen LogP contribution in [0.5, 0.6) is 0 Å². The van der Waals surface area contributed by atoms with Gasteiger partial charge in [-0.2, -0.15) is 0 Å². The number of carbonyl (C=O) groups excluding carboxylic acids is 1. The lowest BCUT2D eigenvalue weighted by Crippen LogP contribution is -2.43. The highest BCUT2D eigenvalue weighted by Gasteiger charge is 2.43. The third-order valence-electron chi connectivity index (χ3n) is 8.35. The van der Waals surface area contributed by atoms with Gasteiger partial charge in [0.15, 0.2) is 5.78 Å². The summed E-state index contributed by atoms with van der Waals surface area (Å²) in [6.45, 7) is 3.87. The highest BCUT2D eigenvalue weighted by Crippen LogP contribution is 2.46. The monoisotopic (exact) mass is 492 g/mol. The number of ketones is 1. The number of carbonyl (C=O) groups is 1. The first-order valence-electron chi connectivity index (χ1n) is 12.7. The molecule has 6 rings (SSSR count). The molecule has 0 spiro atoms. The molecule has 1 aromatic carbocycles. The van der Waals surface area contributed by atoms with Crippen molar-refractivity contribution in [3.63, 3.8) is 0 Å². The van der Waals surface area contributed by atoms with E-state index in [9.17, 15) is 24.2 Å². The molecule has 2 aliphatic carbocycles. The number of halogens is 1. The number of fused-ring (bicyclic) bond motifs is 5. The molecule has 3 aromatic rings. The summed E-state index contributed by atoms with van der Waals surface area (Å²) in [4.78, 5) is 31.2. The number of aliphatic hydroxyl groups is 2. The van der Waals surface area contributed by atoms with Gasteiger partial charge in [-0.3, -0.25) is 9.59 Å². The number of ether oxygens (including phenoxy) is 1. The van der Waals surface area contributed by atoms with E-state index in [0.29, 0.717) is 59.4 Å². The minimum absolute atomic E-state index is 0.113. The van der Waals surface area contributed by atoms with Gasteiger partial charge in [-0.05, 0) is 61.8 Å². The number of aryl methyl sites for hydroxylation is 1. The Balaban J connectivity index is 1.67. The van der Waals surface area contributed by atoms with Crippen LogP contribution in [-0.2, 0) is 34.5 Å². The molecule has 7 nitrogen and oxygen atoms in total. The van der Waals surface area contributed by atoms with Gasteiger partial charge in [0.2, 0.25) is 0 Å². The number of hydrogen-bond donors (Lipinski definition) is 2. The fourth-order valence-electron chi connectivity index (χ4n) is 6.45. The van der Waals surface area contributed by atoms with Crippen LogP contribution in [-0.4, -0.2) is 38.8 Å². The molecule has 3 heterocycles. The molecule has 0 saturated heterocycles. The lowest BCUT2D eigenvalue weighted by atomic mass is 9.77. The van der Waals surface area contributed by atoms with Crippen LogP contribution in [0.4, 0.5) is 4.39 Å². The Morgan fingerprint density at radius 1 is 1.19 bits per heavy atom. The molecule has 36 heavy (non-hydrogen) atoms. The molecule has 2 aromatic heterocycles. The molecule has 2 atom stereocenters. The Morgan fingerprint density at radius 3 is 2.75 bits per heavy atom. The molecule has 0 bridgehead atoms. The number of Topliss-reactive ketones (excluding diaryl/α,β-unsaturated/α-hetero) is 1. The molecule has 1 aliphatic heterocycles. The van der Waals surface area contributed by atoms with Crippen LogP contribution in [0, 0.1) is 12.7 Å². The number of benzene rings is 1. The Bertz CT molecular complexity index is 1510. The molecule has 0 fully saturated rings. The predicted octanol–water partition coefficient (Wildman–Crippen LogP) is 3.37. The maximum absolute atomic E-state index is 15.0. The first-order chi connectivity index (χ1) is 17.3. The summed E-state index contributed by atoms with van der Waals surface area (Å²) in [5.41, 5.74) is 3.78. The quantitative estimate of drug-likeness (QED) is 0.453. The van der Waals surface area contributed by atoms with Gasteiger partial charge < -0.3 is 19.5 Å². The third kappa shape index (κ3) is 3.11. The standard InChI is InChI=1S/C28H29FN2O5/c1-3-28(35)18-11-21-26-17(13-31(21)27(34)16(18)7-8-23(28)33)25-22(36-10-9-32)6-4-5-15-14(2)19(29)12-20(30-26)24(15)25/h11-12,22,32,35H,3-10,13H2,1-2H3/t22?,28-/m0/s1. The largest absolute Gasteiger partial charge is 0.394 e. The van der Waals surface area contributed by atoms with E-state index in [4.69, 9.17) is 9.72 Å². The molecule has 8 heteroatoms. The van der Waals surface area contributed by atoms with Crippen molar-refractivity contribution in [2.24, 2.45) is 0 Å². The minimum Gasteiger partial charge on any atom is -0.394 e. The van der Waals surface area contributed by atoms with Gasteiger partial charge in [0, 0.05) is 34.6 Å². The summed E-state index contributed by atoms with van der Waals surface area (Å²) in [6, 6.07) is 3.18. The van der Waals surface area contributed by atoms with Gasteiger partial charge in [0.05, 0.1) is 42.8 Å². The van der Waals surface area contributed by atoms with E-state index in [-0.39, 0.29) is 49.3 Å². The molecule has 0 saturated carbocycles. The predicted molar refractivity (Wildman–Crippen MR) is 131 cm³/mol. The normalized spacial score (nSPS) is 22.4. The number of aromatic nitrogens is 2. The third-order valence-corrected chi connectivity index (χ3v) is 8.35. The smallest absolute Gasteiger partial charge is 0.254 e. The van der Waals surface area contributed by atoms with Gasteiger partial charge in [0.1, 0.15) is 11.4 Å². The Morgan fingerprint density at radius 2 is 2.00 bits per heavy atom. The van der Waals surface area contributed by atoms with Crippen molar-refractivity contribution in [1.82, 2.24) is 9.55 Å². The summed E-state index contributed by atoms with van der Waals surface area (Å²) in [6.07, 6.45) is 2.47. The zero-order valence-electron chi connectivity index (χ0n) is 20.5. The van der Waals surface area contributed by atoms with Crippen LogP contribution >= 0.6 is 0 Å². The second-order valence-electron chi connectivity index (χ2n) is 10.1. The molecule has 3 aliphatic rings. The van der Waals surface area contributed by atoms with Crippen LogP contribution < -0.4 is 5.56 Å². The van der Waals surface area contributed by atoms with Crippen molar-refractivity contribution in [3.8, 4) is 11.4 Å². The number of rotatable bonds is 4. The van der Waals surface area contributed by atoms with Gasteiger partial charge in [-0.15, -0.1) is 0 Å². The molecule has 1 unspecified atom stereocenters. The minimum atomic E-state index is -1.70. The van der Waals surface area contributed by atoms with Crippen molar-refractivity contribution in [3.05, 3.63) is 61.7 Å². The summed E-state index contributed by atoms with van der Waals surface area (Å²) < 4.78 is 22.7. The van der Waals surface area contributed by atoms with Crippen molar-refractivity contribution in [1.29, 1.82) is 0 Å². The highest BCUT2D eigenvalue weighted by molar-refractivity contribution is 5.93. The van der Waals surface area contributed by atoms with Crippen LogP contribution in [0.25, 0.3) is 22.3 Å². The molecular weight excluding hydrogens is 463 g/mol. The maximum Gasteiger partial charge on any atom is 0.254 e. The van der Waals surface area contributed by atoms with Crippen LogP contribution in [0.3, 0.4) is 0 Å². The van der Waals surface area contributed by atoms with E-state index in [1.807, 2.05) is 0 Å². The number of nitrogens with zero attached hydrogens (tertiary/aromatic N) is 2. The molecule has 188 valence electrons. The first kappa shape index (κ1) is 23.5. The molecule has 2 N–H and O–H groups in total. The van der Waals surface area contributed by atoms with Crippen molar-refractivity contribution in [2.45, 2.75) is 70.6 Å². The molecule has 0 radical (unpaired) electrons. The van der Waals surface area contributed by atoms with Crippen LogP contribution in [0.15, 0.2) is 16.9 Å². The molecular formula is C28H29FN2O5.